The van der Waals surface area contributed by atoms with Crippen molar-refractivity contribution >= 4 is 15.9 Å². The number of hydrogen-bond acceptors (Lipinski definition) is 3. The van der Waals surface area contributed by atoms with Crippen LogP contribution in [0.3, 0.4) is 0 Å². The van der Waals surface area contributed by atoms with Gasteiger partial charge >= 0.3 is 0 Å². The molecule has 2 rings (SSSR count). The lowest BCUT2D eigenvalue weighted by Gasteiger charge is -2.04. The van der Waals surface area contributed by atoms with E-state index in [1.54, 1.807) is 37.5 Å². The zero-order valence-corrected chi connectivity index (χ0v) is 13.9. The van der Waals surface area contributed by atoms with Crippen LogP contribution in [0.2, 0.25) is 0 Å². The summed E-state index contributed by atoms with van der Waals surface area (Å²) in [5.41, 5.74) is 3.89. The van der Waals surface area contributed by atoms with Gasteiger partial charge < -0.3 is 4.74 Å². The fourth-order valence-corrected chi connectivity index (χ4v) is 3.30. The molecule has 0 spiro atoms. The van der Waals surface area contributed by atoms with Gasteiger partial charge in [0, 0.05) is 5.41 Å². The first-order valence-electron chi connectivity index (χ1n) is 7.01. The van der Waals surface area contributed by atoms with Gasteiger partial charge in [-0.2, -0.15) is 0 Å². The molecule has 0 amide bonds. The number of hydrogen-bond donors (Lipinski definition) is 0. The van der Waals surface area contributed by atoms with Crippen LogP contribution in [-0.2, 0) is 15.6 Å². The predicted octanol–water partition coefficient (Wildman–Crippen LogP) is 3.90. The molecule has 0 fully saturated rings. The van der Waals surface area contributed by atoms with Gasteiger partial charge in [-0.25, -0.2) is 8.42 Å². The first kappa shape index (κ1) is 16.3. The molecule has 0 aliphatic rings. The Morgan fingerprint density at radius 2 is 1.73 bits per heavy atom. The monoisotopic (exact) mass is 316 g/mol. The summed E-state index contributed by atoms with van der Waals surface area (Å²) in [6.07, 6.45) is 1.66. The topological polar surface area (TPSA) is 43.4 Å². The zero-order valence-electron chi connectivity index (χ0n) is 13.0. The van der Waals surface area contributed by atoms with E-state index < -0.39 is 9.84 Å². The van der Waals surface area contributed by atoms with Crippen molar-refractivity contribution in [2.24, 2.45) is 0 Å². The summed E-state index contributed by atoms with van der Waals surface area (Å²) >= 11 is 0. The first-order valence-corrected chi connectivity index (χ1v) is 8.72. The van der Waals surface area contributed by atoms with Gasteiger partial charge in [0.05, 0.1) is 12.9 Å². The van der Waals surface area contributed by atoms with Crippen LogP contribution >= 0.6 is 0 Å². The van der Waals surface area contributed by atoms with E-state index in [2.05, 4.69) is 0 Å². The molecule has 0 radical (unpaired) electrons. The van der Waals surface area contributed by atoms with E-state index in [0.717, 1.165) is 22.3 Å². The highest BCUT2D eigenvalue weighted by molar-refractivity contribution is 7.93. The molecule has 116 valence electrons. The van der Waals surface area contributed by atoms with Crippen molar-refractivity contribution in [1.29, 1.82) is 0 Å². The largest absolute Gasteiger partial charge is 0.497 e. The van der Waals surface area contributed by atoms with Gasteiger partial charge in [-0.1, -0.05) is 35.9 Å². The van der Waals surface area contributed by atoms with Crippen LogP contribution in [0.15, 0.2) is 47.9 Å². The average molecular weight is 316 g/mol. The van der Waals surface area contributed by atoms with Crippen molar-refractivity contribution in [2.75, 3.05) is 7.11 Å². The maximum atomic E-state index is 12.2. The third-order valence-corrected chi connectivity index (χ3v) is 4.69. The number of sulfone groups is 1. The fourth-order valence-electron chi connectivity index (χ4n) is 2.19. The lowest BCUT2D eigenvalue weighted by Crippen LogP contribution is -2.00. The van der Waals surface area contributed by atoms with E-state index in [4.69, 9.17) is 4.74 Å². The predicted molar refractivity (Wildman–Crippen MR) is 90.6 cm³/mol. The van der Waals surface area contributed by atoms with Gasteiger partial charge in [0.15, 0.2) is 9.84 Å². The molecule has 0 saturated heterocycles. The summed E-state index contributed by atoms with van der Waals surface area (Å²) in [4.78, 5) is 0. The smallest absolute Gasteiger partial charge is 0.175 e. The molecule has 22 heavy (non-hydrogen) atoms. The van der Waals surface area contributed by atoms with Crippen LogP contribution in [-0.4, -0.2) is 15.5 Å². The normalized spacial score (nSPS) is 11.8. The summed E-state index contributed by atoms with van der Waals surface area (Å²) in [5.74, 6) is 0.699. The number of methoxy groups -OCH3 is 1. The number of rotatable bonds is 5. The highest BCUT2D eigenvalue weighted by atomic mass is 32.2. The van der Waals surface area contributed by atoms with E-state index in [1.165, 1.54) is 5.41 Å². The minimum atomic E-state index is -3.30. The summed E-state index contributed by atoms with van der Waals surface area (Å²) in [7, 11) is -1.72. The third kappa shape index (κ3) is 4.46. The van der Waals surface area contributed by atoms with Crippen LogP contribution < -0.4 is 4.74 Å². The Hall–Kier alpha value is -2.07. The molecule has 2 aromatic rings. The summed E-state index contributed by atoms with van der Waals surface area (Å²) in [5, 5.41) is 1.29. The summed E-state index contributed by atoms with van der Waals surface area (Å²) in [6, 6.07) is 13.0. The highest BCUT2D eigenvalue weighted by Gasteiger charge is 2.08. The number of ether oxygens (including phenoxy) is 1. The van der Waals surface area contributed by atoms with Gasteiger partial charge in [0.25, 0.3) is 0 Å². The Balaban J connectivity index is 2.14. The Bertz CT molecular complexity index is 772. The maximum Gasteiger partial charge on any atom is 0.175 e. The SMILES string of the molecule is COc1ccc(CS(=O)(=O)C=Cc2ccc(C)cc2C)cc1. The molecule has 3 nitrogen and oxygen atoms in total. The molecule has 0 saturated carbocycles. The zero-order chi connectivity index (χ0) is 16.2. The van der Waals surface area contributed by atoms with Crippen LogP contribution in [0.25, 0.3) is 6.08 Å². The molecule has 0 bridgehead atoms. The molecular formula is C18H20O3S. The van der Waals surface area contributed by atoms with Gasteiger partial charge in [-0.3, -0.25) is 0 Å². The van der Waals surface area contributed by atoms with E-state index in [1.807, 2.05) is 32.0 Å². The first-order chi connectivity index (χ1) is 10.4. The standard InChI is InChI=1S/C18H20O3S/c1-14-4-7-17(15(2)12-14)10-11-22(19,20)13-16-5-8-18(21-3)9-6-16/h4-12H,13H2,1-3H3. The second-order valence-electron chi connectivity index (χ2n) is 5.32. The van der Waals surface area contributed by atoms with E-state index in [0.29, 0.717) is 5.75 Å². The molecule has 0 N–H and O–H groups in total. The second kappa shape index (κ2) is 6.79. The quantitative estimate of drug-likeness (QED) is 0.840. The Labute approximate surface area is 132 Å². The molecule has 0 aliphatic carbocycles. The van der Waals surface area contributed by atoms with Crippen LogP contribution in [0.5, 0.6) is 5.75 Å². The molecule has 0 heterocycles. The van der Waals surface area contributed by atoms with Gasteiger partial charge in [0.1, 0.15) is 5.75 Å². The molecule has 4 heteroatoms. The van der Waals surface area contributed by atoms with Crippen LogP contribution in [0.4, 0.5) is 0 Å². The molecule has 0 aromatic heterocycles. The Morgan fingerprint density at radius 3 is 2.32 bits per heavy atom. The lowest BCUT2D eigenvalue weighted by molar-refractivity contribution is 0.414. The van der Waals surface area contributed by atoms with Crippen LogP contribution in [0.1, 0.15) is 22.3 Å². The molecule has 0 aliphatic heterocycles. The lowest BCUT2D eigenvalue weighted by atomic mass is 10.1. The number of benzene rings is 2. The van der Waals surface area contributed by atoms with Gasteiger partial charge in [-0.15, -0.1) is 0 Å². The Morgan fingerprint density at radius 1 is 1.05 bits per heavy atom. The third-order valence-electron chi connectivity index (χ3n) is 3.41. The van der Waals surface area contributed by atoms with Crippen molar-refractivity contribution < 1.29 is 13.2 Å². The Kier molecular flexibility index (Phi) is 5.03. The van der Waals surface area contributed by atoms with Crippen LogP contribution in [0, 0.1) is 13.8 Å². The van der Waals surface area contributed by atoms with Crippen molar-refractivity contribution in [2.45, 2.75) is 19.6 Å². The summed E-state index contributed by atoms with van der Waals surface area (Å²) < 4.78 is 29.4. The number of aryl methyl sites for hydroxylation is 2. The van der Waals surface area contributed by atoms with E-state index in [9.17, 15) is 8.42 Å². The van der Waals surface area contributed by atoms with Crippen molar-refractivity contribution in [1.82, 2.24) is 0 Å². The van der Waals surface area contributed by atoms with Crippen molar-refractivity contribution in [3.05, 3.63) is 70.1 Å². The van der Waals surface area contributed by atoms with Crippen molar-refractivity contribution in [3.8, 4) is 5.75 Å². The van der Waals surface area contributed by atoms with Gasteiger partial charge in [0.2, 0.25) is 0 Å². The van der Waals surface area contributed by atoms with E-state index >= 15 is 0 Å². The minimum absolute atomic E-state index is 0.0155. The second-order valence-corrected chi connectivity index (χ2v) is 7.20. The molecule has 0 atom stereocenters. The highest BCUT2D eigenvalue weighted by Crippen LogP contribution is 2.16. The summed E-state index contributed by atoms with van der Waals surface area (Å²) in [6.45, 7) is 3.99. The fraction of sp³-hybridized carbons (Fsp3) is 0.222. The average Bonchev–Trinajstić information content (AvgIpc) is 2.47. The molecule has 2 aromatic carbocycles. The molecule has 0 unspecified atom stereocenters. The van der Waals surface area contributed by atoms with Gasteiger partial charge in [-0.05, 0) is 48.7 Å². The molecular weight excluding hydrogens is 296 g/mol. The maximum absolute atomic E-state index is 12.2. The minimum Gasteiger partial charge on any atom is -0.497 e. The van der Waals surface area contributed by atoms with Crippen molar-refractivity contribution in [3.63, 3.8) is 0 Å². The van der Waals surface area contributed by atoms with E-state index in [-0.39, 0.29) is 5.75 Å².